The van der Waals surface area contributed by atoms with Crippen LogP contribution in [-0.2, 0) is 11.2 Å². The van der Waals surface area contributed by atoms with Crippen molar-refractivity contribution in [1.29, 1.82) is 0 Å². The van der Waals surface area contributed by atoms with Crippen molar-refractivity contribution >= 4 is 23.2 Å². The predicted molar refractivity (Wildman–Crippen MR) is 62.4 cm³/mol. The van der Waals surface area contributed by atoms with Gasteiger partial charge in [-0.3, -0.25) is 14.8 Å². The summed E-state index contributed by atoms with van der Waals surface area (Å²) in [4.78, 5) is 22.5. The number of benzene rings is 1. The molecule has 4 nitrogen and oxygen atoms in total. The van der Waals surface area contributed by atoms with Gasteiger partial charge in [-0.15, -0.1) is 0 Å². The number of rotatable bonds is 3. The standard InChI is InChI=1S/C12H11N3O/c1-9(15-8-16)7-10-3-2-4-11-12(10)14-6-5-13-11/h2-6,8H,7H2,1H3. The molecule has 0 N–H and O–H groups in total. The van der Waals surface area contributed by atoms with Gasteiger partial charge in [0.15, 0.2) is 0 Å². The van der Waals surface area contributed by atoms with Crippen LogP contribution in [0.2, 0.25) is 0 Å². The van der Waals surface area contributed by atoms with Crippen molar-refractivity contribution in [1.82, 2.24) is 9.97 Å². The minimum atomic E-state index is 0.562. The van der Waals surface area contributed by atoms with Gasteiger partial charge in [-0.05, 0) is 18.6 Å². The number of carbonyl (C=O) groups excluding carboxylic acids is 1. The quantitative estimate of drug-likeness (QED) is 0.577. The minimum absolute atomic E-state index is 0.562. The molecule has 0 bridgehead atoms. The lowest BCUT2D eigenvalue weighted by Crippen LogP contribution is -2.00. The van der Waals surface area contributed by atoms with Crippen LogP contribution in [0, 0.1) is 0 Å². The largest absolute Gasteiger partial charge is 0.276 e. The first-order valence-corrected chi connectivity index (χ1v) is 4.97. The summed E-state index contributed by atoms with van der Waals surface area (Å²) < 4.78 is 0. The van der Waals surface area contributed by atoms with Gasteiger partial charge < -0.3 is 0 Å². The van der Waals surface area contributed by atoms with Gasteiger partial charge in [0, 0.05) is 24.5 Å². The highest BCUT2D eigenvalue weighted by atomic mass is 16.1. The maximum atomic E-state index is 10.3. The number of aliphatic imine (C=N–C) groups is 1. The molecular weight excluding hydrogens is 202 g/mol. The minimum Gasteiger partial charge on any atom is -0.276 e. The molecule has 0 atom stereocenters. The molecule has 2 aromatic rings. The molecule has 0 saturated carbocycles. The number of hydrogen-bond acceptors (Lipinski definition) is 3. The Morgan fingerprint density at radius 3 is 3.00 bits per heavy atom. The molecule has 0 radical (unpaired) electrons. The summed E-state index contributed by atoms with van der Waals surface area (Å²) in [7, 11) is 0. The van der Waals surface area contributed by atoms with Crippen LogP contribution < -0.4 is 0 Å². The van der Waals surface area contributed by atoms with Crippen molar-refractivity contribution in [2.75, 3.05) is 0 Å². The number of nitrogens with zero attached hydrogens (tertiary/aromatic N) is 3. The Labute approximate surface area is 93.1 Å². The first-order chi connectivity index (χ1) is 7.81. The maximum Gasteiger partial charge on any atom is 0.232 e. The van der Waals surface area contributed by atoms with E-state index in [1.54, 1.807) is 12.4 Å². The zero-order valence-electron chi connectivity index (χ0n) is 8.92. The van der Waals surface area contributed by atoms with Crippen LogP contribution in [0.1, 0.15) is 12.5 Å². The third-order valence-corrected chi connectivity index (χ3v) is 2.30. The average Bonchev–Trinajstić information content (AvgIpc) is 2.30. The van der Waals surface area contributed by atoms with Crippen molar-refractivity contribution in [2.45, 2.75) is 13.3 Å². The molecule has 4 heteroatoms. The van der Waals surface area contributed by atoms with Crippen LogP contribution in [0.5, 0.6) is 0 Å². The number of carbonyl (C=O) groups is 1. The highest BCUT2D eigenvalue weighted by molar-refractivity contribution is 5.92. The summed E-state index contributed by atoms with van der Waals surface area (Å²) in [5, 5.41) is 0. The molecule has 0 fully saturated rings. The maximum absolute atomic E-state index is 10.3. The van der Waals surface area contributed by atoms with E-state index in [9.17, 15) is 4.79 Å². The molecule has 1 aromatic carbocycles. The summed E-state index contributed by atoms with van der Waals surface area (Å²) in [6.07, 6.45) is 4.51. The smallest absolute Gasteiger partial charge is 0.232 e. The lowest BCUT2D eigenvalue weighted by atomic mass is 10.1. The van der Waals surface area contributed by atoms with E-state index in [-0.39, 0.29) is 0 Å². The monoisotopic (exact) mass is 213 g/mol. The average molecular weight is 213 g/mol. The molecule has 1 amide bonds. The second-order valence-electron chi connectivity index (χ2n) is 3.49. The van der Waals surface area contributed by atoms with Crippen molar-refractivity contribution in [3.8, 4) is 0 Å². The van der Waals surface area contributed by atoms with Gasteiger partial charge >= 0.3 is 0 Å². The zero-order chi connectivity index (χ0) is 11.4. The molecule has 0 aliphatic carbocycles. The predicted octanol–water partition coefficient (Wildman–Crippen LogP) is 1.79. The Hall–Kier alpha value is -2.10. The van der Waals surface area contributed by atoms with Crippen LogP contribution in [0.4, 0.5) is 0 Å². The molecule has 2 rings (SSSR count). The molecular formula is C12H11N3O. The fourth-order valence-corrected chi connectivity index (χ4v) is 1.61. The second-order valence-corrected chi connectivity index (χ2v) is 3.49. The van der Waals surface area contributed by atoms with E-state index in [1.165, 1.54) is 0 Å². The molecule has 0 saturated heterocycles. The van der Waals surface area contributed by atoms with E-state index in [1.807, 2.05) is 25.1 Å². The van der Waals surface area contributed by atoms with Gasteiger partial charge in [0.25, 0.3) is 0 Å². The Bertz CT molecular complexity index is 543. The Kier molecular flexibility index (Phi) is 3.00. The highest BCUT2D eigenvalue weighted by Crippen LogP contribution is 2.14. The van der Waals surface area contributed by atoms with Gasteiger partial charge in [-0.1, -0.05) is 12.1 Å². The lowest BCUT2D eigenvalue weighted by Gasteiger charge is -2.03. The van der Waals surface area contributed by atoms with Gasteiger partial charge in [0.05, 0.1) is 11.0 Å². The molecule has 1 aromatic heterocycles. The molecule has 0 spiro atoms. The number of hydrogen-bond donors (Lipinski definition) is 0. The molecule has 16 heavy (non-hydrogen) atoms. The summed E-state index contributed by atoms with van der Waals surface area (Å²) in [6.45, 7) is 1.82. The number of amides is 1. The Morgan fingerprint density at radius 2 is 2.19 bits per heavy atom. The zero-order valence-corrected chi connectivity index (χ0v) is 8.92. The van der Waals surface area contributed by atoms with E-state index in [4.69, 9.17) is 0 Å². The van der Waals surface area contributed by atoms with Crippen LogP contribution in [0.25, 0.3) is 11.0 Å². The lowest BCUT2D eigenvalue weighted by molar-refractivity contribution is -0.106. The summed E-state index contributed by atoms with van der Waals surface area (Å²) in [5.74, 6) is 0. The highest BCUT2D eigenvalue weighted by Gasteiger charge is 2.03. The third kappa shape index (κ3) is 2.11. The van der Waals surface area contributed by atoms with E-state index >= 15 is 0 Å². The Balaban J connectivity index is 2.44. The molecule has 0 aliphatic heterocycles. The van der Waals surface area contributed by atoms with E-state index < -0.39 is 0 Å². The van der Waals surface area contributed by atoms with Crippen molar-refractivity contribution in [2.24, 2.45) is 4.99 Å². The first-order valence-electron chi connectivity index (χ1n) is 4.97. The van der Waals surface area contributed by atoms with Crippen molar-refractivity contribution in [3.63, 3.8) is 0 Å². The van der Waals surface area contributed by atoms with Gasteiger partial charge in [0.2, 0.25) is 6.41 Å². The molecule has 1 heterocycles. The normalized spacial score (nSPS) is 11.7. The summed E-state index contributed by atoms with van der Waals surface area (Å²) >= 11 is 0. The van der Waals surface area contributed by atoms with Gasteiger partial charge in [0.1, 0.15) is 0 Å². The van der Waals surface area contributed by atoms with Crippen molar-refractivity contribution in [3.05, 3.63) is 36.2 Å². The number of fused-ring (bicyclic) bond motifs is 1. The number of para-hydroxylation sites is 1. The molecule has 0 aliphatic rings. The molecule has 80 valence electrons. The molecule has 0 unspecified atom stereocenters. The third-order valence-electron chi connectivity index (χ3n) is 2.30. The van der Waals surface area contributed by atoms with Crippen LogP contribution >= 0.6 is 0 Å². The van der Waals surface area contributed by atoms with Crippen LogP contribution in [0.3, 0.4) is 0 Å². The SMILES string of the molecule is CC(Cc1cccc2nccnc12)=NC=O. The van der Waals surface area contributed by atoms with Gasteiger partial charge in [-0.2, -0.15) is 0 Å². The Morgan fingerprint density at radius 1 is 1.38 bits per heavy atom. The fourth-order valence-electron chi connectivity index (χ4n) is 1.61. The van der Waals surface area contributed by atoms with E-state index in [0.29, 0.717) is 12.8 Å². The van der Waals surface area contributed by atoms with Crippen molar-refractivity contribution < 1.29 is 4.79 Å². The van der Waals surface area contributed by atoms with Crippen LogP contribution in [0.15, 0.2) is 35.6 Å². The first kappa shape index (κ1) is 10.4. The van der Waals surface area contributed by atoms with Gasteiger partial charge in [-0.25, -0.2) is 4.99 Å². The second kappa shape index (κ2) is 4.61. The fraction of sp³-hybridized carbons (Fsp3) is 0.167. The summed E-state index contributed by atoms with van der Waals surface area (Å²) in [5.41, 5.74) is 3.53. The van der Waals surface area contributed by atoms with Crippen LogP contribution in [-0.4, -0.2) is 22.1 Å². The topological polar surface area (TPSA) is 55.2 Å². The van der Waals surface area contributed by atoms with E-state index in [2.05, 4.69) is 15.0 Å². The number of aromatic nitrogens is 2. The van der Waals surface area contributed by atoms with E-state index in [0.717, 1.165) is 22.3 Å². The summed E-state index contributed by atoms with van der Waals surface area (Å²) in [6, 6.07) is 5.82.